The van der Waals surface area contributed by atoms with Crippen molar-refractivity contribution in [2.24, 2.45) is 0 Å². The van der Waals surface area contributed by atoms with Gasteiger partial charge in [-0.25, -0.2) is 0 Å². The molecule has 0 amide bonds. The molecule has 72 valence electrons. The molecule has 0 radical (unpaired) electrons. The van der Waals surface area contributed by atoms with Crippen molar-refractivity contribution >= 4 is 0 Å². The van der Waals surface area contributed by atoms with Gasteiger partial charge < -0.3 is 10.4 Å². The Kier molecular flexibility index (Phi) is 4.50. The number of nitrogens with one attached hydrogen (secondary N) is 1. The molecule has 0 aliphatic heterocycles. The number of aliphatic hydroxyl groups is 1. The van der Waals surface area contributed by atoms with Gasteiger partial charge in [0.1, 0.15) is 0 Å². The molecule has 0 atom stereocenters. The van der Waals surface area contributed by atoms with Crippen molar-refractivity contribution in [3.63, 3.8) is 0 Å². The first kappa shape index (κ1) is 10.2. The van der Waals surface area contributed by atoms with Gasteiger partial charge in [0.2, 0.25) is 0 Å². The predicted molar refractivity (Wildman–Crippen MR) is 54.6 cm³/mol. The van der Waals surface area contributed by atoms with Crippen molar-refractivity contribution in [2.45, 2.75) is 19.4 Å². The van der Waals surface area contributed by atoms with Crippen LogP contribution in [0.5, 0.6) is 0 Å². The van der Waals surface area contributed by atoms with Gasteiger partial charge in [0.15, 0.2) is 0 Å². The van der Waals surface area contributed by atoms with Gasteiger partial charge in [-0.05, 0) is 37.6 Å². The lowest BCUT2D eigenvalue weighted by Gasteiger charge is -2.02. The van der Waals surface area contributed by atoms with Crippen molar-refractivity contribution in [3.05, 3.63) is 35.4 Å². The summed E-state index contributed by atoms with van der Waals surface area (Å²) in [7, 11) is 1.97. The van der Waals surface area contributed by atoms with Crippen LogP contribution in [0.15, 0.2) is 24.3 Å². The van der Waals surface area contributed by atoms with Crippen LogP contribution in [0, 0.1) is 0 Å². The maximum atomic E-state index is 8.83. The Morgan fingerprint density at radius 1 is 1.15 bits per heavy atom. The molecule has 0 heterocycles. The molecule has 2 nitrogen and oxygen atoms in total. The van der Waals surface area contributed by atoms with Crippen LogP contribution in [-0.2, 0) is 13.0 Å². The summed E-state index contributed by atoms with van der Waals surface area (Å²) in [6.07, 6.45) is 2.27. The lowest BCUT2D eigenvalue weighted by atomic mass is 10.1. The summed E-state index contributed by atoms with van der Waals surface area (Å²) in [4.78, 5) is 0. The largest absolute Gasteiger partial charge is 0.392 e. The highest BCUT2D eigenvalue weighted by Crippen LogP contribution is 2.06. The van der Waals surface area contributed by atoms with Gasteiger partial charge in [0.25, 0.3) is 0 Å². The molecule has 0 fully saturated rings. The summed E-state index contributed by atoms with van der Waals surface area (Å²) in [5.41, 5.74) is 2.32. The number of hydrogen-bond donors (Lipinski definition) is 2. The quantitative estimate of drug-likeness (QED) is 0.668. The Bertz CT molecular complexity index is 230. The average molecular weight is 179 g/mol. The molecule has 1 aromatic carbocycles. The maximum Gasteiger partial charge on any atom is 0.0681 e. The Morgan fingerprint density at radius 3 is 2.31 bits per heavy atom. The Labute approximate surface area is 79.6 Å². The Balaban J connectivity index is 2.40. The molecular weight excluding hydrogens is 162 g/mol. The molecule has 0 aliphatic carbocycles. The highest BCUT2D eigenvalue weighted by molar-refractivity contribution is 5.21. The second-order valence-corrected chi connectivity index (χ2v) is 3.18. The van der Waals surface area contributed by atoms with Crippen molar-refractivity contribution in [1.82, 2.24) is 5.32 Å². The van der Waals surface area contributed by atoms with Gasteiger partial charge in [-0.1, -0.05) is 24.3 Å². The molecule has 1 aromatic rings. The first-order chi connectivity index (χ1) is 6.36. The third-order valence-corrected chi connectivity index (χ3v) is 2.10. The maximum absolute atomic E-state index is 8.83. The number of benzene rings is 1. The summed E-state index contributed by atoms with van der Waals surface area (Å²) in [5.74, 6) is 0. The van der Waals surface area contributed by atoms with Crippen molar-refractivity contribution < 1.29 is 5.11 Å². The van der Waals surface area contributed by atoms with Crippen LogP contribution in [0.25, 0.3) is 0 Å². The number of aryl methyl sites for hydroxylation is 1. The van der Waals surface area contributed by atoms with E-state index >= 15 is 0 Å². The summed E-state index contributed by atoms with van der Waals surface area (Å²) in [6, 6.07) is 8.13. The van der Waals surface area contributed by atoms with E-state index < -0.39 is 0 Å². The first-order valence-electron chi connectivity index (χ1n) is 4.70. The van der Waals surface area contributed by atoms with E-state index in [9.17, 15) is 0 Å². The third-order valence-electron chi connectivity index (χ3n) is 2.10. The molecule has 0 bridgehead atoms. The number of aliphatic hydroxyl groups excluding tert-OH is 1. The minimum atomic E-state index is 0.136. The van der Waals surface area contributed by atoms with Crippen molar-refractivity contribution in [3.8, 4) is 0 Å². The van der Waals surface area contributed by atoms with Crippen LogP contribution in [0.1, 0.15) is 17.5 Å². The van der Waals surface area contributed by atoms with Crippen LogP contribution in [0.2, 0.25) is 0 Å². The van der Waals surface area contributed by atoms with E-state index in [1.165, 1.54) is 5.56 Å². The average Bonchev–Trinajstić information content (AvgIpc) is 2.19. The minimum absolute atomic E-state index is 0.136. The fraction of sp³-hybridized carbons (Fsp3) is 0.455. The van der Waals surface area contributed by atoms with E-state index in [1.807, 2.05) is 19.2 Å². The monoisotopic (exact) mass is 179 g/mol. The first-order valence-corrected chi connectivity index (χ1v) is 4.70. The minimum Gasteiger partial charge on any atom is -0.392 e. The second-order valence-electron chi connectivity index (χ2n) is 3.18. The standard InChI is InChI=1S/C11H17NO/c1-12-8-2-3-10-4-6-11(9-13)7-5-10/h4-7,12-13H,2-3,8-9H2,1H3. The molecular formula is C11H17NO. The highest BCUT2D eigenvalue weighted by Gasteiger charge is 1.93. The molecule has 0 unspecified atom stereocenters. The lowest BCUT2D eigenvalue weighted by Crippen LogP contribution is -2.08. The Morgan fingerprint density at radius 2 is 1.77 bits per heavy atom. The highest BCUT2D eigenvalue weighted by atomic mass is 16.3. The summed E-state index contributed by atoms with van der Waals surface area (Å²) >= 11 is 0. The van der Waals surface area contributed by atoms with Crippen LogP contribution in [0.4, 0.5) is 0 Å². The van der Waals surface area contributed by atoms with Crippen LogP contribution in [-0.4, -0.2) is 18.7 Å². The van der Waals surface area contributed by atoms with Gasteiger partial charge in [0, 0.05) is 0 Å². The SMILES string of the molecule is CNCCCc1ccc(CO)cc1. The zero-order chi connectivity index (χ0) is 9.52. The zero-order valence-corrected chi connectivity index (χ0v) is 8.09. The topological polar surface area (TPSA) is 32.3 Å². The number of hydrogen-bond acceptors (Lipinski definition) is 2. The summed E-state index contributed by atoms with van der Waals surface area (Å²) in [5, 5.41) is 12.0. The van der Waals surface area contributed by atoms with E-state index in [1.54, 1.807) is 0 Å². The summed E-state index contributed by atoms with van der Waals surface area (Å²) < 4.78 is 0. The Hall–Kier alpha value is -0.860. The van der Waals surface area contributed by atoms with Gasteiger partial charge in [-0.3, -0.25) is 0 Å². The molecule has 0 aliphatic rings. The zero-order valence-electron chi connectivity index (χ0n) is 8.09. The smallest absolute Gasteiger partial charge is 0.0681 e. The lowest BCUT2D eigenvalue weighted by molar-refractivity contribution is 0.282. The van der Waals surface area contributed by atoms with E-state index in [-0.39, 0.29) is 6.61 Å². The fourth-order valence-corrected chi connectivity index (χ4v) is 1.28. The summed E-state index contributed by atoms with van der Waals surface area (Å²) in [6.45, 7) is 1.19. The molecule has 2 N–H and O–H groups in total. The van der Waals surface area contributed by atoms with Crippen LogP contribution >= 0.6 is 0 Å². The molecule has 13 heavy (non-hydrogen) atoms. The second kappa shape index (κ2) is 5.73. The number of rotatable bonds is 5. The normalized spacial score (nSPS) is 10.3. The molecule has 0 spiro atoms. The predicted octanol–water partition coefficient (Wildman–Crippen LogP) is 1.33. The molecule has 2 heteroatoms. The molecule has 0 saturated carbocycles. The van der Waals surface area contributed by atoms with Crippen molar-refractivity contribution in [2.75, 3.05) is 13.6 Å². The molecule has 0 aromatic heterocycles. The van der Waals surface area contributed by atoms with E-state index in [2.05, 4.69) is 17.4 Å². The van der Waals surface area contributed by atoms with E-state index in [0.29, 0.717) is 0 Å². The molecule has 1 rings (SSSR count). The van der Waals surface area contributed by atoms with Crippen LogP contribution < -0.4 is 5.32 Å². The van der Waals surface area contributed by atoms with Gasteiger partial charge in [-0.15, -0.1) is 0 Å². The van der Waals surface area contributed by atoms with Gasteiger partial charge in [-0.2, -0.15) is 0 Å². The third kappa shape index (κ3) is 3.57. The van der Waals surface area contributed by atoms with Gasteiger partial charge in [0.05, 0.1) is 6.61 Å². The van der Waals surface area contributed by atoms with E-state index in [0.717, 1.165) is 24.9 Å². The fourth-order valence-electron chi connectivity index (χ4n) is 1.28. The molecule has 0 saturated heterocycles. The van der Waals surface area contributed by atoms with E-state index in [4.69, 9.17) is 5.11 Å². The van der Waals surface area contributed by atoms with Crippen LogP contribution in [0.3, 0.4) is 0 Å². The van der Waals surface area contributed by atoms with Gasteiger partial charge >= 0.3 is 0 Å². The van der Waals surface area contributed by atoms with Crippen molar-refractivity contribution in [1.29, 1.82) is 0 Å².